The minimum Gasteiger partial charge on any atom is -0.275 e. The van der Waals surface area contributed by atoms with Gasteiger partial charge in [0.2, 0.25) is 0 Å². The van der Waals surface area contributed by atoms with Crippen LogP contribution in [0.15, 0.2) is 17.4 Å². The molecular weight excluding hydrogens is 322 g/mol. The van der Waals surface area contributed by atoms with E-state index in [9.17, 15) is 4.79 Å². The molecule has 1 heterocycles. The number of hydrogen-bond donors (Lipinski definition) is 1. The lowest BCUT2D eigenvalue weighted by Crippen LogP contribution is -2.18. The first-order valence-electron chi connectivity index (χ1n) is 11.0. The molecule has 1 aromatic rings. The van der Waals surface area contributed by atoms with Gasteiger partial charge in [0.05, 0.1) is 0 Å². The Hall–Kier alpha value is -1.32. The largest absolute Gasteiger partial charge is 0.343 e. The van der Waals surface area contributed by atoms with Gasteiger partial charge in [-0.25, -0.2) is 9.89 Å². The quantitative estimate of drug-likeness (QED) is 0.250. The number of aromatic amines is 1. The second kappa shape index (κ2) is 15.9. The topological polar surface area (TPSA) is 50.7 Å². The molecule has 0 aliphatic rings. The molecule has 4 heteroatoms. The Bertz CT molecular complexity index is 504. The summed E-state index contributed by atoms with van der Waals surface area (Å²) < 4.78 is 1.68. The van der Waals surface area contributed by atoms with Crippen LogP contribution in [0.5, 0.6) is 0 Å². The molecule has 0 fully saturated rings. The fourth-order valence-corrected chi connectivity index (χ4v) is 3.51. The molecule has 0 aromatic carbocycles. The standard InChI is InChI=1S/C22H41N3O/c1-3-5-6-7-8-9-10-11-12-13-14-15-16-17-18-19-21-23-24-22(26)25(21)20-4-2/h4H,2-3,5-20H2,1H3,(H,24,26). The molecule has 0 bridgehead atoms. The first kappa shape index (κ1) is 22.7. The van der Waals surface area contributed by atoms with Crippen LogP contribution in [0.1, 0.15) is 109 Å². The molecule has 1 aromatic heterocycles. The van der Waals surface area contributed by atoms with Crippen LogP contribution in [0.3, 0.4) is 0 Å². The zero-order valence-corrected chi connectivity index (χ0v) is 17.1. The number of unbranched alkanes of at least 4 members (excludes halogenated alkanes) is 14. The van der Waals surface area contributed by atoms with Crippen LogP contribution < -0.4 is 5.69 Å². The van der Waals surface area contributed by atoms with Gasteiger partial charge in [0.1, 0.15) is 5.82 Å². The van der Waals surface area contributed by atoms with Crippen molar-refractivity contribution in [2.24, 2.45) is 0 Å². The third kappa shape index (κ3) is 10.6. The van der Waals surface area contributed by atoms with E-state index in [1.165, 1.54) is 89.9 Å². The highest BCUT2D eigenvalue weighted by Crippen LogP contribution is 2.13. The Morgan fingerprint density at radius 1 is 0.846 bits per heavy atom. The molecule has 0 atom stereocenters. The zero-order valence-electron chi connectivity index (χ0n) is 17.1. The Labute approximate surface area is 160 Å². The summed E-state index contributed by atoms with van der Waals surface area (Å²) in [7, 11) is 0. The van der Waals surface area contributed by atoms with Gasteiger partial charge < -0.3 is 0 Å². The maximum atomic E-state index is 11.6. The molecule has 26 heavy (non-hydrogen) atoms. The van der Waals surface area contributed by atoms with E-state index in [1.54, 1.807) is 10.6 Å². The molecule has 0 saturated carbocycles. The summed E-state index contributed by atoms with van der Waals surface area (Å²) in [5.74, 6) is 0.865. The van der Waals surface area contributed by atoms with Crippen LogP contribution >= 0.6 is 0 Å². The minimum atomic E-state index is -0.124. The van der Waals surface area contributed by atoms with Gasteiger partial charge in [0.25, 0.3) is 0 Å². The van der Waals surface area contributed by atoms with E-state index in [-0.39, 0.29) is 5.69 Å². The van der Waals surface area contributed by atoms with Gasteiger partial charge in [-0.2, -0.15) is 5.10 Å². The number of aryl methyl sites for hydroxylation is 1. The van der Waals surface area contributed by atoms with Crippen molar-refractivity contribution in [3.05, 3.63) is 29.0 Å². The van der Waals surface area contributed by atoms with Gasteiger partial charge in [0.15, 0.2) is 0 Å². The smallest absolute Gasteiger partial charge is 0.275 e. The minimum absolute atomic E-state index is 0.124. The number of nitrogens with one attached hydrogen (secondary N) is 1. The first-order valence-corrected chi connectivity index (χ1v) is 11.0. The second-order valence-electron chi connectivity index (χ2n) is 7.54. The monoisotopic (exact) mass is 363 g/mol. The normalized spacial score (nSPS) is 11.1. The average molecular weight is 364 g/mol. The SMILES string of the molecule is C=CCn1c(CCCCCCCCCCCCCCCCC)n[nH]c1=O. The molecule has 0 radical (unpaired) electrons. The van der Waals surface area contributed by atoms with Crippen LogP contribution in [0.25, 0.3) is 0 Å². The summed E-state index contributed by atoms with van der Waals surface area (Å²) in [6, 6.07) is 0. The van der Waals surface area contributed by atoms with Crippen LogP contribution in [-0.4, -0.2) is 14.8 Å². The number of H-pyrrole nitrogens is 1. The Morgan fingerprint density at radius 3 is 1.77 bits per heavy atom. The van der Waals surface area contributed by atoms with Gasteiger partial charge in [0, 0.05) is 13.0 Å². The first-order chi connectivity index (χ1) is 12.8. The van der Waals surface area contributed by atoms with Gasteiger partial charge in [-0.3, -0.25) is 4.57 Å². The molecule has 150 valence electrons. The van der Waals surface area contributed by atoms with Gasteiger partial charge >= 0.3 is 5.69 Å². The maximum absolute atomic E-state index is 11.6. The van der Waals surface area contributed by atoms with Crippen LogP contribution in [0.4, 0.5) is 0 Å². The Balaban J connectivity index is 1.87. The van der Waals surface area contributed by atoms with Crippen molar-refractivity contribution in [2.45, 2.75) is 116 Å². The average Bonchev–Trinajstić information content (AvgIpc) is 2.99. The van der Waals surface area contributed by atoms with Crippen molar-refractivity contribution in [2.75, 3.05) is 0 Å². The van der Waals surface area contributed by atoms with E-state index in [2.05, 4.69) is 23.7 Å². The van der Waals surface area contributed by atoms with Crippen molar-refractivity contribution in [1.82, 2.24) is 14.8 Å². The molecule has 0 aliphatic carbocycles. The van der Waals surface area contributed by atoms with Gasteiger partial charge in [-0.15, -0.1) is 6.58 Å². The lowest BCUT2D eigenvalue weighted by atomic mass is 10.0. The third-order valence-electron chi connectivity index (χ3n) is 5.15. The van der Waals surface area contributed by atoms with E-state index in [0.29, 0.717) is 6.54 Å². The van der Waals surface area contributed by atoms with E-state index in [0.717, 1.165) is 18.7 Å². The fraction of sp³-hybridized carbons (Fsp3) is 0.818. The lowest BCUT2D eigenvalue weighted by molar-refractivity contribution is 0.530. The van der Waals surface area contributed by atoms with Crippen molar-refractivity contribution in [1.29, 1.82) is 0 Å². The van der Waals surface area contributed by atoms with E-state index >= 15 is 0 Å². The molecule has 0 aliphatic heterocycles. The number of nitrogens with zero attached hydrogens (tertiary/aromatic N) is 2. The summed E-state index contributed by atoms with van der Waals surface area (Å²) in [5.41, 5.74) is -0.124. The van der Waals surface area contributed by atoms with Crippen LogP contribution in [-0.2, 0) is 13.0 Å². The summed E-state index contributed by atoms with van der Waals surface area (Å²) in [4.78, 5) is 11.6. The molecule has 4 nitrogen and oxygen atoms in total. The Morgan fingerprint density at radius 2 is 1.31 bits per heavy atom. The summed E-state index contributed by atoms with van der Waals surface area (Å²) in [5, 5.41) is 6.65. The summed E-state index contributed by atoms with van der Waals surface area (Å²) in [6.07, 6.45) is 23.2. The maximum Gasteiger partial charge on any atom is 0.343 e. The molecule has 1 N–H and O–H groups in total. The molecule has 0 spiro atoms. The van der Waals surface area contributed by atoms with Crippen LogP contribution in [0.2, 0.25) is 0 Å². The van der Waals surface area contributed by atoms with Gasteiger partial charge in [-0.1, -0.05) is 103 Å². The highest BCUT2D eigenvalue weighted by atomic mass is 16.1. The van der Waals surface area contributed by atoms with Gasteiger partial charge in [-0.05, 0) is 6.42 Å². The second-order valence-corrected chi connectivity index (χ2v) is 7.54. The number of allylic oxidation sites excluding steroid dienone is 1. The molecule has 0 amide bonds. The number of aromatic nitrogens is 3. The number of hydrogen-bond acceptors (Lipinski definition) is 2. The van der Waals surface area contributed by atoms with Crippen molar-refractivity contribution in [3.8, 4) is 0 Å². The van der Waals surface area contributed by atoms with Crippen molar-refractivity contribution < 1.29 is 0 Å². The highest BCUT2D eigenvalue weighted by Gasteiger charge is 2.05. The predicted octanol–water partition coefficient (Wildman–Crippen LogP) is 6.17. The lowest BCUT2D eigenvalue weighted by Gasteiger charge is -2.04. The van der Waals surface area contributed by atoms with Crippen molar-refractivity contribution >= 4 is 0 Å². The summed E-state index contributed by atoms with van der Waals surface area (Å²) >= 11 is 0. The zero-order chi connectivity index (χ0) is 18.9. The Kier molecular flexibility index (Phi) is 13.9. The predicted molar refractivity (Wildman–Crippen MR) is 112 cm³/mol. The number of rotatable bonds is 18. The molecular formula is C22H41N3O. The van der Waals surface area contributed by atoms with E-state index in [4.69, 9.17) is 0 Å². The summed E-state index contributed by atoms with van der Waals surface area (Å²) in [6.45, 7) is 6.52. The van der Waals surface area contributed by atoms with Crippen LogP contribution in [0, 0.1) is 0 Å². The molecule has 0 saturated heterocycles. The van der Waals surface area contributed by atoms with E-state index in [1.807, 2.05) is 0 Å². The molecule has 1 rings (SSSR count). The fourth-order valence-electron chi connectivity index (χ4n) is 3.51. The molecule has 0 unspecified atom stereocenters. The third-order valence-corrected chi connectivity index (χ3v) is 5.15. The van der Waals surface area contributed by atoms with Crippen molar-refractivity contribution in [3.63, 3.8) is 0 Å². The van der Waals surface area contributed by atoms with E-state index < -0.39 is 0 Å². The highest BCUT2D eigenvalue weighted by molar-refractivity contribution is 4.89.